The van der Waals surface area contributed by atoms with Crippen LogP contribution in [0.25, 0.3) is 10.9 Å². The number of hydrogen-bond acceptors (Lipinski definition) is 4. The maximum absolute atomic E-state index is 11.6. The predicted octanol–water partition coefficient (Wildman–Crippen LogP) is 2.26. The summed E-state index contributed by atoms with van der Waals surface area (Å²) in [5, 5.41) is 4.08. The Bertz CT molecular complexity index is 650. The second kappa shape index (κ2) is 6.10. The Morgan fingerprint density at radius 3 is 2.57 bits per heavy atom. The number of anilines is 1. The molecule has 5 N–H and O–H groups in total. The fourth-order valence-electron chi connectivity index (χ4n) is 2.20. The lowest BCUT2D eigenvalue weighted by molar-refractivity contribution is 0.100. The molecule has 0 fully saturated rings. The molecule has 0 aliphatic rings. The Balaban J connectivity index is 2.37. The van der Waals surface area contributed by atoms with Crippen molar-refractivity contribution < 1.29 is 4.79 Å². The minimum Gasteiger partial charge on any atom is -0.368 e. The molecule has 5 heteroatoms. The molecular weight excluding hydrogens is 264 g/mol. The average molecular weight is 286 g/mol. The van der Waals surface area contributed by atoms with E-state index in [4.69, 9.17) is 11.5 Å². The highest BCUT2D eigenvalue weighted by atomic mass is 16.1. The molecule has 2 aromatic rings. The molecule has 0 spiro atoms. The van der Waals surface area contributed by atoms with Crippen molar-refractivity contribution >= 4 is 22.6 Å². The van der Waals surface area contributed by atoms with E-state index in [1.807, 2.05) is 38.1 Å². The van der Waals surface area contributed by atoms with Gasteiger partial charge in [-0.3, -0.25) is 4.79 Å². The molecule has 0 atom stereocenters. The van der Waals surface area contributed by atoms with Gasteiger partial charge in [-0.15, -0.1) is 0 Å². The van der Waals surface area contributed by atoms with E-state index < -0.39 is 5.91 Å². The molecule has 0 aliphatic carbocycles. The lowest BCUT2D eigenvalue weighted by Gasteiger charge is -2.27. The molecule has 0 bridgehead atoms. The van der Waals surface area contributed by atoms with Crippen LogP contribution in [-0.4, -0.2) is 23.0 Å². The molecule has 1 heterocycles. The number of carbonyl (C=O) groups excluding carboxylic acids is 1. The summed E-state index contributed by atoms with van der Waals surface area (Å²) in [6.45, 7) is 4.65. The lowest BCUT2D eigenvalue weighted by Crippen LogP contribution is -2.45. The summed E-state index contributed by atoms with van der Waals surface area (Å²) < 4.78 is 0. The SMILES string of the molecule is CCC(N)(CC)CNc1nc2ccccc2cc1C(N)=O. The van der Waals surface area contributed by atoms with Gasteiger partial charge in [0.05, 0.1) is 11.1 Å². The van der Waals surface area contributed by atoms with Gasteiger partial charge < -0.3 is 16.8 Å². The zero-order valence-corrected chi connectivity index (χ0v) is 12.5. The van der Waals surface area contributed by atoms with E-state index in [2.05, 4.69) is 10.3 Å². The van der Waals surface area contributed by atoms with Crippen LogP contribution in [0.1, 0.15) is 37.0 Å². The summed E-state index contributed by atoms with van der Waals surface area (Å²) in [5.41, 5.74) is 12.6. The summed E-state index contributed by atoms with van der Waals surface area (Å²) in [7, 11) is 0. The van der Waals surface area contributed by atoms with Gasteiger partial charge in [-0.05, 0) is 25.0 Å². The third-order valence-corrected chi connectivity index (χ3v) is 4.01. The molecule has 0 saturated carbocycles. The summed E-state index contributed by atoms with van der Waals surface area (Å²) >= 11 is 0. The zero-order valence-electron chi connectivity index (χ0n) is 12.5. The Morgan fingerprint density at radius 2 is 1.95 bits per heavy atom. The standard InChI is InChI=1S/C16H22N4O/c1-3-16(18,4-2)10-19-15-12(14(17)21)9-11-7-5-6-8-13(11)20-15/h5-9H,3-4,10,18H2,1-2H3,(H2,17,21)(H,19,20). The van der Waals surface area contributed by atoms with Gasteiger partial charge >= 0.3 is 0 Å². The van der Waals surface area contributed by atoms with Crippen LogP contribution >= 0.6 is 0 Å². The third-order valence-electron chi connectivity index (χ3n) is 4.01. The zero-order chi connectivity index (χ0) is 15.5. The number of primary amides is 1. The number of fused-ring (bicyclic) bond motifs is 1. The first kappa shape index (κ1) is 15.3. The normalized spacial score (nSPS) is 11.6. The number of carbonyl (C=O) groups is 1. The molecular formula is C16H22N4O. The third kappa shape index (κ3) is 3.31. The van der Waals surface area contributed by atoms with Gasteiger partial charge in [0.25, 0.3) is 5.91 Å². The van der Waals surface area contributed by atoms with E-state index in [-0.39, 0.29) is 5.54 Å². The Morgan fingerprint density at radius 1 is 1.29 bits per heavy atom. The number of pyridine rings is 1. The first-order valence-electron chi connectivity index (χ1n) is 7.21. The van der Waals surface area contributed by atoms with E-state index in [1.54, 1.807) is 6.07 Å². The van der Waals surface area contributed by atoms with Gasteiger partial charge in [0, 0.05) is 17.5 Å². The second-order valence-corrected chi connectivity index (χ2v) is 5.36. The summed E-state index contributed by atoms with van der Waals surface area (Å²) in [6.07, 6.45) is 1.69. The fourth-order valence-corrected chi connectivity index (χ4v) is 2.20. The largest absolute Gasteiger partial charge is 0.368 e. The number of aromatic nitrogens is 1. The van der Waals surface area contributed by atoms with Crippen LogP contribution in [0.5, 0.6) is 0 Å². The molecule has 0 aliphatic heterocycles. The van der Waals surface area contributed by atoms with Crippen LogP contribution in [0.4, 0.5) is 5.82 Å². The van der Waals surface area contributed by atoms with Crippen molar-refractivity contribution in [3.63, 3.8) is 0 Å². The van der Waals surface area contributed by atoms with Crippen molar-refractivity contribution in [1.82, 2.24) is 4.98 Å². The maximum atomic E-state index is 11.6. The fraction of sp³-hybridized carbons (Fsp3) is 0.375. The first-order valence-corrected chi connectivity index (χ1v) is 7.21. The van der Waals surface area contributed by atoms with Crippen molar-refractivity contribution in [3.05, 3.63) is 35.9 Å². The minimum atomic E-state index is -0.494. The van der Waals surface area contributed by atoms with Crippen molar-refractivity contribution in [1.29, 1.82) is 0 Å². The van der Waals surface area contributed by atoms with Crippen LogP contribution in [0, 0.1) is 0 Å². The van der Waals surface area contributed by atoms with Crippen molar-refractivity contribution in [2.24, 2.45) is 11.5 Å². The van der Waals surface area contributed by atoms with Crippen LogP contribution in [0.3, 0.4) is 0 Å². The second-order valence-electron chi connectivity index (χ2n) is 5.36. The molecule has 5 nitrogen and oxygen atoms in total. The highest BCUT2D eigenvalue weighted by molar-refractivity contribution is 6.01. The highest BCUT2D eigenvalue weighted by Crippen LogP contribution is 2.21. The van der Waals surface area contributed by atoms with Gasteiger partial charge in [0.2, 0.25) is 0 Å². The summed E-state index contributed by atoms with van der Waals surface area (Å²) in [5.74, 6) is 0.00398. The number of nitrogens with zero attached hydrogens (tertiary/aromatic N) is 1. The number of amides is 1. The molecule has 0 saturated heterocycles. The van der Waals surface area contributed by atoms with E-state index in [1.165, 1.54) is 0 Å². The van der Waals surface area contributed by atoms with Gasteiger partial charge in [-0.2, -0.15) is 0 Å². The molecule has 2 rings (SSSR count). The lowest BCUT2D eigenvalue weighted by atomic mass is 9.94. The minimum absolute atomic E-state index is 0.317. The highest BCUT2D eigenvalue weighted by Gasteiger charge is 2.21. The van der Waals surface area contributed by atoms with Gasteiger partial charge in [-0.25, -0.2) is 4.98 Å². The Labute approximate surface area is 124 Å². The van der Waals surface area contributed by atoms with Crippen molar-refractivity contribution in [2.45, 2.75) is 32.2 Å². The number of para-hydroxylation sites is 1. The topological polar surface area (TPSA) is 94.0 Å². The van der Waals surface area contributed by atoms with E-state index in [9.17, 15) is 4.79 Å². The maximum Gasteiger partial charge on any atom is 0.252 e. The molecule has 1 aromatic carbocycles. The van der Waals surface area contributed by atoms with Crippen LogP contribution in [-0.2, 0) is 0 Å². The number of rotatable bonds is 6. The number of nitrogens with two attached hydrogens (primary N) is 2. The Kier molecular flexibility index (Phi) is 4.43. The molecule has 112 valence electrons. The first-order chi connectivity index (χ1) is 9.99. The van der Waals surface area contributed by atoms with Crippen molar-refractivity contribution in [2.75, 3.05) is 11.9 Å². The van der Waals surface area contributed by atoms with E-state index in [0.29, 0.717) is 17.9 Å². The number of hydrogen-bond donors (Lipinski definition) is 3. The van der Waals surface area contributed by atoms with Crippen LogP contribution in [0.2, 0.25) is 0 Å². The molecule has 1 aromatic heterocycles. The molecule has 0 radical (unpaired) electrons. The van der Waals surface area contributed by atoms with E-state index >= 15 is 0 Å². The quantitative estimate of drug-likeness (QED) is 0.759. The molecule has 21 heavy (non-hydrogen) atoms. The Hall–Kier alpha value is -2.14. The van der Waals surface area contributed by atoms with Gasteiger partial charge in [-0.1, -0.05) is 32.0 Å². The smallest absolute Gasteiger partial charge is 0.252 e. The molecule has 0 unspecified atom stereocenters. The molecule has 1 amide bonds. The number of benzene rings is 1. The van der Waals surface area contributed by atoms with Gasteiger partial charge in [0.1, 0.15) is 5.82 Å². The van der Waals surface area contributed by atoms with Gasteiger partial charge in [0.15, 0.2) is 0 Å². The van der Waals surface area contributed by atoms with Crippen molar-refractivity contribution in [3.8, 4) is 0 Å². The average Bonchev–Trinajstić information content (AvgIpc) is 2.51. The summed E-state index contributed by atoms with van der Waals surface area (Å²) in [4.78, 5) is 16.1. The van der Waals surface area contributed by atoms with Crippen LogP contribution < -0.4 is 16.8 Å². The van der Waals surface area contributed by atoms with E-state index in [0.717, 1.165) is 23.7 Å². The van der Waals surface area contributed by atoms with Crippen LogP contribution in [0.15, 0.2) is 30.3 Å². The summed E-state index contributed by atoms with van der Waals surface area (Å²) in [6, 6.07) is 9.39. The monoisotopic (exact) mass is 286 g/mol. The predicted molar refractivity (Wildman–Crippen MR) is 86.3 cm³/mol. The number of nitrogens with one attached hydrogen (secondary N) is 1.